The lowest BCUT2D eigenvalue weighted by atomic mass is 10.1. The van der Waals surface area contributed by atoms with Gasteiger partial charge in [0.05, 0.1) is 12.7 Å². The van der Waals surface area contributed by atoms with Gasteiger partial charge in [-0.15, -0.1) is 0 Å². The Balaban J connectivity index is 1.78. The van der Waals surface area contributed by atoms with Gasteiger partial charge in [-0.3, -0.25) is 4.90 Å². The summed E-state index contributed by atoms with van der Waals surface area (Å²) in [6.45, 7) is 12.5. The Hall–Kier alpha value is -0.900. The molecule has 0 radical (unpaired) electrons. The summed E-state index contributed by atoms with van der Waals surface area (Å²) in [6.07, 6.45) is 0.332. The summed E-state index contributed by atoms with van der Waals surface area (Å²) in [5.74, 6) is 0. The molecule has 0 saturated carbocycles. The number of likely N-dealkylation sites (N-methyl/N-ethyl adjacent to an activating group) is 1. The van der Waals surface area contributed by atoms with Gasteiger partial charge in [-0.05, 0) is 31.5 Å². The van der Waals surface area contributed by atoms with Gasteiger partial charge in [0.2, 0.25) is 0 Å². The summed E-state index contributed by atoms with van der Waals surface area (Å²) in [7, 11) is 0. The summed E-state index contributed by atoms with van der Waals surface area (Å²) in [4.78, 5) is 2.45. The summed E-state index contributed by atoms with van der Waals surface area (Å²) >= 11 is 0. The van der Waals surface area contributed by atoms with Crippen molar-refractivity contribution < 1.29 is 4.74 Å². The SMILES string of the molecule is CCN1CCOC(CNCc2cc(C)ccc2C)C1. The van der Waals surface area contributed by atoms with Crippen LogP contribution in [0.15, 0.2) is 18.2 Å². The minimum atomic E-state index is 0.332. The van der Waals surface area contributed by atoms with Crippen LogP contribution in [0.4, 0.5) is 0 Å². The van der Waals surface area contributed by atoms with E-state index in [0.29, 0.717) is 6.10 Å². The van der Waals surface area contributed by atoms with Gasteiger partial charge >= 0.3 is 0 Å². The molecule has 19 heavy (non-hydrogen) atoms. The fourth-order valence-corrected chi connectivity index (χ4v) is 2.55. The Morgan fingerprint density at radius 3 is 3.00 bits per heavy atom. The third kappa shape index (κ3) is 4.30. The summed E-state index contributed by atoms with van der Waals surface area (Å²) < 4.78 is 5.80. The Bertz CT molecular complexity index is 406. The molecule has 1 aliphatic heterocycles. The topological polar surface area (TPSA) is 24.5 Å². The highest BCUT2D eigenvalue weighted by Gasteiger charge is 2.18. The Labute approximate surface area is 116 Å². The smallest absolute Gasteiger partial charge is 0.0826 e. The molecule has 1 atom stereocenters. The van der Waals surface area contributed by atoms with E-state index in [1.165, 1.54) is 16.7 Å². The summed E-state index contributed by atoms with van der Waals surface area (Å²) in [5.41, 5.74) is 4.08. The Morgan fingerprint density at radius 2 is 2.21 bits per heavy atom. The van der Waals surface area contributed by atoms with Crippen LogP contribution in [-0.2, 0) is 11.3 Å². The summed E-state index contributed by atoms with van der Waals surface area (Å²) in [6, 6.07) is 6.63. The molecule has 1 heterocycles. The van der Waals surface area contributed by atoms with E-state index in [0.717, 1.165) is 39.3 Å². The van der Waals surface area contributed by atoms with Crippen LogP contribution in [0.25, 0.3) is 0 Å². The Kier molecular flexibility index (Phi) is 5.37. The molecule has 0 bridgehead atoms. The van der Waals surface area contributed by atoms with Crippen molar-refractivity contribution in [3.05, 3.63) is 34.9 Å². The molecule has 1 aromatic carbocycles. The molecule has 106 valence electrons. The number of nitrogens with zero attached hydrogens (tertiary/aromatic N) is 1. The largest absolute Gasteiger partial charge is 0.374 e. The molecule has 1 N–H and O–H groups in total. The molecule has 0 spiro atoms. The maximum absolute atomic E-state index is 5.80. The highest BCUT2D eigenvalue weighted by molar-refractivity contribution is 5.30. The van der Waals surface area contributed by atoms with Crippen LogP contribution in [0, 0.1) is 13.8 Å². The zero-order valence-corrected chi connectivity index (χ0v) is 12.4. The number of hydrogen-bond acceptors (Lipinski definition) is 3. The van der Waals surface area contributed by atoms with Crippen LogP contribution in [0.5, 0.6) is 0 Å². The number of nitrogens with one attached hydrogen (secondary N) is 1. The van der Waals surface area contributed by atoms with Crippen molar-refractivity contribution in [1.29, 1.82) is 0 Å². The van der Waals surface area contributed by atoms with E-state index in [2.05, 4.69) is 49.2 Å². The van der Waals surface area contributed by atoms with Gasteiger partial charge in [-0.25, -0.2) is 0 Å². The molecule has 2 rings (SSSR count). The molecule has 1 fully saturated rings. The normalized spacial score (nSPS) is 20.7. The summed E-state index contributed by atoms with van der Waals surface area (Å²) in [5, 5.41) is 3.53. The highest BCUT2D eigenvalue weighted by atomic mass is 16.5. The van der Waals surface area contributed by atoms with Crippen molar-refractivity contribution in [2.24, 2.45) is 0 Å². The maximum Gasteiger partial charge on any atom is 0.0826 e. The molecule has 0 aliphatic carbocycles. The average molecular weight is 262 g/mol. The molecular formula is C16H26N2O. The van der Waals surface area contributed by atoms with Crippen LogP contribution in [-0.4, -0.2) is 43.8 Å². The Morgan fingerprint density at radius 1 is 1.37 bits per heavy atom. The molecule has 1 unspecified atom stereocenters. The first-order chi connectivity index (χ1) is 9.19. The van der Waals surface area contributed by atoms with Crippen molar-refractivity contribution in [3.8, 4) is 0 Å². The number of morpholine rings is 1. The predicted molar refractivity (Wildman–Crippen MR) is 79.5 cm³/mol. The minimum absolute atomic E-state index is 0.332. The van der Waals surface area contributed by atoms with Crippen molar-refractivity contribution in [1.82, 2.24) is 10.2 Å². The van der Waals surface area contributed by atoms with Crippen LogP contribution in [0.1, 0.15) is 23.6 Å². The van der Waals surface area contributed by atoms with Gasteiger partial charge in [0, 0.05) is 26.2 Å². The van der Waals surface area contributed by atoms with E-state index in [1.54, 1.807) is 0 Å². The van der Waals surface area contributed by atoms with Crippen LogP contribution in [0.2, 0.25) is 0 Å². The van der Waals surface area contributed by atoms with Crippen LogP contribution >= 0.6 is 0 Å². The molecule has 0 amide bonds. The number of benzene rings is 1. The number of hydrogen-bond donors (Lipinski definition) is 1. The highest BCUT2D eigenvalue weighted by Crippen LogP contribution is 2.10. The van der Waals surface area contributed by atoms with E-state index < -0.39 is 0 Å². The predicted octanol–water partition coefficient (Wildman–Crippen LogP) is 2.11. The molecule has 3 nitrogen and oxygen atoms in total. The van der Waals surface area contributed by atoms with Gasteiger partial charge in [-0.1, -0.05) is 30.7 Å². The zero-order valence-electron chi connectivity index (χ0n) is 12.4. The van der Waals surface area contributed by atoms with Crippen LogP contribution in [0.3, 0.4) is 0 Å². The maximum atomic E-state index is 5.80. The van der Waals surface area contributed by atoms with Crippen molar-refractivity contribution in [2.45, 2.75) is 33.4 Å². The van der Waals surface area contributed by atoms with Crippen molar-refractivity contribution >= 4 is 0 Å². The molecule has 1 aromatic rings. The second-order valence-electron chi connectivity index (χ2n) is 5.45. The lowest BCUT2D eigenvalue weighted by molar-refractivity contribution is -0.0253. The second-order valence-corrected chi connectivity index (χ2v) is 5.45. The number of aryl methyl sites for hydroxylation is 2. The first-order valence-corrected chi connectivity index (χ1v) is 7.30. The van der Waals surface area contributed by atoms with Gasteiger partial charge in [0.1, 0.15) is 0 Å². The van der Waals surface area contributed by atoms with E-state index in [4.69, 9.17) is 4.74 Å². The quantitative estimate of drug-likeness (QED) is 0.879. The van der Waals surface area contributed by atoms with E-state index in [9.17, 15) is 0 Å². The monoisotopic (exact) mass is 262 g/mol. The number of rotatable bonds is 5. The van der Waals surface area contributed by atoms with Gasteiger partial charge in [-0.2, -0.15) is 0 Å². The fourth-order valence-electron chi connectivity index (χ4n) is 2.55. The first kappa shape index (κ1) is 14.5. The van der Waals surface area contributed by atoms with Gasteiger partial charge < -0.3 is 10.1 Å². The van der Waals surface area contributed by atoms with E-state index in [1.807, 2.05) is 0 Å². The van der Waals surface area contributed by atoms with Gasteiger partial charge in [0.25, 0.3) is 0 Å². The fraction of sp³-hybridized carbons (Fsp3) is 0.625. The van der Waals surface area contributed by atoms with E-state index >= 15 is 0 Å². The standard InChI is InChI=1S/C16H26N2O/c1-4-18-7-8-19-16(12-18)11-17-10-15-9-13(2)5-6-14(15)3/h5-6,9,16-17H,4,7-8,10-12H2,1-3H3. The van der Waals surface area contributed by atoms with Gasteiger partial charge in [0.15, 0.2) is 0 Å². The molecule has 3 heteroatoms. The lowest BCUT2D eigenvalue weighted by Gasteiger charge is -2.32. The third-order valence-electron chi connectivity index (χ3n) is 3.86. The van der Waals surface area contributed by atoms with Crippen molar-refractivity contribution in [2.75, 3.05) is 32.8 Å². The van der Waals surface area contributed by atoms with E-state index in [-0.39, 0.29) is 0 Å². The number of ether oxygens (including phenoxy) is 1. The minimum Gasteiger partial charge on any atom is -0.374 e. The third-order valence-corrected chi connectivity index (χ3v) is 3.86. The second kappa shape index (κ2) is 7.04. The zero-order chi connectivity index (χ0) is 13.7. The molecular weight excluding hydrogens is 236 g/mol. The molecule has 1 saturated heterocycles. The van der Waals surface area contributed by atoms with Crippen molar-refractivity contribution in [3.63, 3.8) is 0 Å². The molecule has 0 aromatic heterocycles. The average Bonchev–Trinajstić information content (AvgIpc) is 2.43. The first-order valence-electron chi connectivity index (χ1n) is 7.30. The van der Waals surface area contributed by atoms with Crippen LogP contribution < -0.4 is 5.32 Å². The molecule has 1 aliphatic rings. The lowest BCUT2D eigenvalue weighted by Crippen LogP contribution is -2.46.